The summed E-state index contributed by atoms with van der Waals surface area (Å²) in [6, 6.07) is 1.22. The number of halogens is 9. The van der Waals surface area contributed by atoms with Crippen LogP contribution in [0.2, 0.25) is 0 Å². The van der Waals surface area contributed by atoms with Gasteiger partial charge in [-0.25, -0.2) is 22.3 Å². The second-order valence-corrected chi connectivity index (χ2v) is 8.93. The fraction of sp³-hybridized carbons (Fsp3) is 0.423. The fourth-order valence-corrected chi connectivity index (χ4v) is 4.46. The van der Waals surface area contributed by atoms with Gasteiger partial charge in [0.05, 0.1) is 11.5 Å². The summed E-state index contributed by atoms with van der Waals surface area (Å²) in [6.45, 7) is 1.93. The number of carbonyl (C=O) groups excluding carboxylic acids is 1. The van der Waals surface area contributed by atoms with Crippen molar-refractivity contribution in [1.29, 1.82) is 0 Å². The van der Waals surface area contributed by atoms with Gasteiger partial charge in [-0.15, -0.1) is 13.2 Å². The van der Waals surface area contributed by atoms with Crippen LogP contribution in [0.5, 0.6) is 5.75 Å². The molecule has 0 N–H and O–H groups in total. The lowest BCUT2D eigenvalue weighted by molar-refractivity contribution is -0.432. The van der Waals surface area contributed by atoms with Crippen LogP contribution >= 0.6 is 0 Å². The Bertz CT molecular complexity index is 1140. The van der Waals surface area contributed by atoms with Gasteiger partial charge in [0.1, 0.15) is 34.6 Å². The van der Waals surface area contributed by atoms with E-state index < -0.39 is 70.1 Å². The third-order valence-corrected chi connectivity index (χ3v) is 6.26. The molecule has 1 aliphatic rings. The Morgan fingerprint density at radius 1 is 0.895 bits per heavy atom. The van der Waals surface area contributed by atoms with Crippen molar-refractivity contribution in [2.75, 3.05) is 0 Å². The zero-order valence-electron chi connectivity index (χ0n) is 20.0. The summed E-state index contributed by atoms with van der Waals surface area (Å²) in [7, 11) is 0. The van der Waals surface area contributed by atoms with E-state index in [9.17, 15) is 44.3 Å². The molecule has 0 radical (unpaired) electrons. The highest BCUT2D eigenvalue weighted by Crippen LogP contribution is 2.41. The molecule has 38 heavy (non-hydrogen) atoms. The molecule has 208 valence electrons. The number of ether oxygens (including phenoxy) is 2. The lowest BCUT2D eigenvalue weighted by atomic mass is 9.80. The monoisotopic (exact) mass is 554 g/mol. The van der Waals surface area contributed by atoms with Crippen molar-refractivity contribution in [2.45, 2.75) is 57.9 Å². The van der Waals surface area contributed by atoms with E-state index in [0.29, 0.717) is 30.9 Å². The standard InChI is InChI=1S/C26H23F9O3/c1-2-3-4-5-14-6-8-15(9-7-14)24(36)37-17-12-18(27)22(19(28)13-17)16-10-20(29)23(21(30)11-16)25(31,32)38-26(33,34)35/h2-3,10-15H,4-9H2,1H3. The van der Waals surface area contributed by atoms with Crippen LogP contribution < -0.4 is 4.74 Å². The molecule has 12 heteroatoms. The molecule has 3 nitrogen and oxygen atoms in total. The van der Waals surface area contributed by atoms with Crippen molar-refractivity contribution < 1.29 is 53.8 Å². The maximum Gasteiger partial charge on any atom is 0.527 e. The molecule has 0 aliphatic heterocycles. The van der Waals surface area contributed by atoms with Crippen molar-refractivity contribution in [3.05, 3.63) is 65.2 Å². The smallest absolute Gasteiger partial charge is 0.426 e. The van der Waals surface area contributed by atoms with Gasteiger partial charge in [-0.2, -0.15) is 8.78 Å². The van der Waals surface area contributed by atoms with Crippen molar-refractivity contribution in [3.8, 4) is 16.9 Å². The van der Waals surface area contributed by atoms with Crippen LogP contribution in [0.25, 0.3) is 11.1 Å². The second-order valence-electron chi connectivity index (χ2n) is 8.93. The Kier molecular flexibility index (Phi) is 9.17. The zero-order chi connectivity index (χ0) is 28.3. The van der Waals surface area contributed by atoms with Gasteiger partial charge in [-0.3, -0.25) is 4.79 Å². The Labute approximate surface area is 212 Å². The molecule has 1 aliphatic carbocycles. The molecular weight excluding hydrogens is 531 g/mol. The number of allylic oxidation sites excluding steroid dienone is 2. The zero-order valence-corrected chi connectivity index (χ0v) is 20.0. The number of hydrogen-bond donors (Lipinski definition) is 0. The van der Waals surface area contributed by atoms with E-state index in [2.05, 4.69) is 10.8 Å². The van der Waals surface area contributed by atoms with E-state index in [1.165, 1.54) is 0 Å². The third kappa shape index (κ3) is 7.30. The average Bonchev–Trinajstić information content (AvgIpc) is 2.77. The highest BCUT2D eigenvalue weighted by atomic mass is 19.4. The quantitative estimate of drug-likeness (QED) is 0.142. The summed E-state index contributed by atoms with van der Waals surface area (Å²) in [5.74, 6) is -8.61. The third-order valence-electron chi connectivity index (χ3n) is 6.26. The molecule has 0 atom stereocenters. The molecule has 0 heterocycles. The first kappa shape index (κ1) is 29.5. The molecule has 0 spiro atoms. The molecule has 3 rings (SSSR count). The van der Waals surface area contributed by atoms with Crippen LogP contribution in [-0.4, -0.2) is 12.3 Å². The Hall–Kier alpha value is -3.02. The number of benzene rings is 2. The molecule has 2 aromatic rings. The van der Waals surface area contributed by atoms with Crippen molar-refractivity contribution in [3.63, 3.8) is 0 Å². The Balaban J connectivity index is 1.76. The number of carbonyl (C=O) groups is 1. The van der Waals surface area contributed by atoms with Gasteiger partial charge in [0, 0.05) is 12.1 Å². The molecule has 0 amide bonds. The summed E-state index contributed by atoms with van der Waals surface area (Å²) >= 11 is 0. The number of esters is 1. The number of rotatable bonds is 8. The van der Waals surface area contributed by atoms with Crippen molar-refractivity contribution in [1.82, 2.24) is 0 Å². The van der Waals surface area contributed by atoms with E-state index in [0.717, 1.165) is 25.7 Å². The molecule has 1 fully saturated rings. The van der Waals surface area contributed by atoms with Crippen molar-refractivity contribution in [2.24, 2.45) is 11.8 Å². The molecule has 0 unspecified atom stereocenters. The van der Waals surface area contributed by atoms with Gasteiger partial charge in [0.2, 0.25) is 0 Å². The highest BCUT2D eigenvalue weighted by molar-refractivity contribution is 5.76. The first-order chi connectivity index (χ1) is 17.7. The predicted molar refractivity (Wildman–Crippen MR) is 118 cm³/mol. The normalized spacial score (nSPS) is 18.7. The number of alkyl halides is 5. The molecule has 0 bridgehead atoms. The maximum atomic E-state index is 14.7. The van der Waals surface area contributed by atoms with Crippen molar-refractivity contribution >= 4 is 5.97 Å². The summed E-state index contributed by atoms with van der Waals surface area (Å²) in [5.41, 5.74) is -4.38. The lowest BCUT2D eigenvalue weighted by Crippen LogP contribution is -2.29. The van der Waals surface area contributed by atoms with E-state index in [-0.39, 0.29) is 12.1 Å². The topological polar surface area (TPSA) is 35.5 Å². The maximum absolute atomic E-state index is 14.7. The SMILES string of the molecule is CC=CCCC1CCC(C(=O)Oc2cc(F)c(-c3cc(F)c(C(F)(F)OC(F)(F)F)c(F)c3)c(F)c2)CC1. The van der Waals surface area contributed by atoms with Crippen LogP contribution in [0.3, 0.4) is 0 Å². The first-order valence-corrected chi connectivity index (χ1v) is 11.7. The van der Waals surface area contributed by atoms with E-state index >= 15 is 0 Å². The molecular formula is C26H23F9O3. The average molecular weight is 554 g/mol. The highest BCUT2D eigenvalue weighted by Gasteiger charge is 2.49. The Morgan fingerprint density at radius 2 is 1.45 bits per heavy atom. The van der Waals surface area contributed by atoms with Gasteiger partial charge >= 0.3 is 18.4 Å². The molecule has 1 saturated carbocycles. The largest absolute Gasteiger partial charge is 0.527 e. The van der Waals surface area contributed by atoms with Gasteiger partial charge in [-0.1, -0.05) is 12.2 Å². The van der Waals surface area contributed by atoms with E-state index in [4.69, 9.17) is 4.74 Å². The van der Waals surface area contributed by atoms with Crippen LogP contribution in [0.4, 0.5) is 39.5 Å². The minimum atomic E-state index is -5.93. The van der Waals surface area contributed by atoms with Crippen LogP contribution in [0.15, 0.2) is 36.4 Å². The molecule has 0 saturated heterocycles. The molecule has 0 aromatic heterocycles. The van der Waals surface area contributed by atoms with E-state index in [1.54, 1.807) is 0 Å². The summed E-state index contributed by atoms with van der Waals surface area (Å²) in [4.78, 5) is 12.5. The summed E-state index contributed by atoms with van der Waals surface area (Å²) in [6.07, 6.45) is -2.79. The van der Waals surface area contributed by atoms with Gasteiger partial charge < -0.3 is 4.74 Å². The molecule has 2 aromatic carbocycles. The van der Waals surface area contributed by atoms with Gasteiger partial charge in [-0.05, 0) is 69.1 Å². The van der Waals surface area contributed by atoms with Gasteiger partial charge in [0.25, 0.3) is 0 Å². The van der Waals surface area contributed by atoms with E-state index in [1.807, 2.05) is 13.0 Å². The first-order valence-electron chi connectivity index (χ1n) is 11.7. The predicted octanol–water partition coefficient (Wildman–Crippen LogP) is 8.56. The Morgan fingerprint density at radius 3 is 1.95 bits per heavy atom. The van der Waals surface area contributed by atoms with Gasteiger partial charge in [0.15, 0.2) is 0 Å². The second kappa shape index (κ2) is 11.8. The fourth-order valence-electron chi connectivity index (χ4n) is 4.46. The lowest BCUT2D eigenvalue weighted by Gasteiger charge is -2.27. The van der Waals surface area contributed by atoms with Crippen LogP contribution in [0, 0.1) is 35.1 Å². The van der Waals surface area contributed by atoms with Crippen LogP contribution in [0.1, 0.15) is 51.0 Å². The minimum absolute atomic E-state index is 0.0357. The summed E-state index contributed by atoms with van der Waals surface area (Å²) in [5, 5.41) is 0. The van der Waals surface area contributed by atoms with Crippen LogP contribution in [-0.2, 0) is 15.6 Å². The minimum Gasteiger partial charge on any atom is -0.426 e. The number of hydrogen-bond acceptors (Lipinski definition) is 3. The summed E-state index contributed by atoms with van der Waals surface area (Å²) < 4.78 is 129.